The molecule has 0 aliphatic carbocycles. The van der Waals surface area contributed by atoms with Crippen LogP contribution in [0.3, 0.4) is 0 Å². The first-order chi connectivity index (χ1) is 15.8. The molecule has 1 atom stereocenters. The molecule has 0 unspecified atom stereocenters. The Labute approximate surface area is 190 Å². The average molecular weight is 452 g/mol. The number of hydrogen-bond donors (Lipinski definition) is 0. The maximum Gasteiger partial charge on any atom is 0.374 e. The maximum absolute atomic E-state index is 13.8. The number of ketones is 1. The van der Waals surface area contributed by atoms with Gasteiger partial charge in [0.1, 0.15) is 23.2 Å². The summed E-state index contributed by atoms with van der Waals surface area (Å²) in [6, 6.07) is 6.49. The highest BCUT2D eigenvalue weighted by Gasteiger charge is 2.34. The number of rotatable bonds is 7. The fourth-order valence-corrected chi connectivity index (χ4v) is 4.00. The van der Waals surface area contributed by atoms with Gasteiger partial charge in [0.05, 0.1) is 39.6 Å². The van der Waals surface area contributed by atoms with Gasteiger partial charge in [-0.15, -0.1) is 0 Å². The molecule has 0 bridgehead atoms. The topological polar surface area (TPSA) is 93.4 Å². The van der Waals surface area contributed by atoms with E-state index in [4.69, 9.17) is 28.1 Å². The van der Waals surface area contributed by atoms with Gasteiger partial charge in [-0.25, -0.2) is 4.79 Å². The lowest BCUT2D eigenvalue weighted by molar-refractivity contribution is 0.0564. The van der Waals surface area contributed by atoms with Crippen molar-refractivity contribution in [3.05, 3.63) is 58.9 Å². The number of furan rings is 1. The van der Waals surface area contributed by atoms with E-state index in [2.05, 4.69) is 6.58 Å². The molecule has 0 radical (unpaired) electrons. The lowest BCUT2D eigenvalue weighted by Gasteiger charge is -2.12. The molecule has 4 rings (SSSR count). The van der Waals surface area contributed by atoms with Crippen molar-refractivity contribution in [2.75, 3.05) is 28.4 Å². The van der Waals surface area contributed by atoms with Gasteiger partial charge in [0, 0.05) is 23.4 Å². The minimum atomic E-state index is -0.779. The van der Waals surface area contributed by atoms with Gasteiger partial charge in [0.25, 0.3) is 0 Å². The molecule has 0 saturated carbocycles. The highest BCUT2D eigenvalue weighted by molar-refractivity contribution is 6.22. The molecule has 1 aliphatic heterocycles. The number of hydrogen-bond acceptors (Lipinski definition) is 8. The maximum atomic E-state index is 13.8. The van der Waals surface area contributed by atoms with Gasteiger partial charge >= 0.3 is 5.97 Å². The van der Waals surface area contributed by atoms with E-state index in [9.17, 15) is 9.59 Å². The summed E-state index contributed by atoms with van der Waals surface area (Å²) in [5.41, 5.74) is 2.23. The summed E-state index contributed by atoms with van der Waals surface area (Å²) in [6.45, 7) is 5.85. The summed E-state index contributed by atoms with van der Waals surface area (Å²) < 4.78 is 32.9. The average Bonchev–Trinajstić information content (AvgIpc) is 3.42. The standard InChI is InChI=1S/C25H24O8/c1-12(2)17-10-15-16(32-17)8-7-13(23(15)30-5)22(26)21-14-9-19(28-3)20(29-4)11-18(14)33-24(21)25(27)31-6/h7-9,11,17H,1,10H2,2-6H3/t17-/m1/s1. The Hall–Kier alpha value is -3.94. The number of esters is 1. The molecule has 172 valence electrons. The Kier molecular flexibility index (Phi) is 5.76. The van der Waals surface area contributed by atoms with Crippen molar-refractivity contribution in [1.82, 2.24) is 0 Å². The molecule has 0 N–H and O–H groups in total. The van der Waals surface area contributed by atoms with Crippen LogP contribution >= 0.6 is 0 Å². The Morgan fingerprint density at radius 2 is 1.73 bits per heavy atom. The minimum absolute atomic E-state index is 0.0476. The molecule has 2 heterocycles. The lowest BCUT2D eigenvalue weighted by atomic mass is 9.95. The first-order valence-electron chi connectivity index (χ1n) is 10.2. The zero-order valence-electron chi connectivity index (χ0n) is 19.1. The van der Waals surface area contributed by atoms with Crippen molar-refractivity contribution in [1.29, 1.82) is 0 Å². The van der Waals surface area contributed by atoms with Crippen molar-refractivity contribution in [2.24, 2.45) is 0 Å². The third-order valence-corrected chi connectivity index (χ3v) is 5.67. The second kappa shape index (κ2) is 8.54. The summed E-state index contributed by atoms with van der Waals surface area (Å²) in [4.78, 5) is 26.4. The molecule has 8 nitrogen and oxygen atoms in total. The van der Waals surface area contributed by atoms with Crippen LogP contribution in [0, 0.1) is 0 Å². The summed E-state index contributed by atoms with van der Waals surface area (Å²) >= 11 is 0. The van der Waals surface area contributed by atoms with Gasteiger partial charge in [-0.05, 0) is 30.7 Å². The third kappa shape index (κ3) is 3.57. The number of carbonyl (C=O) groups excluding carboxylic acids is 2. The number of fused-ring (bicyclic) bond motifs is 2. The zero-order valence-corrected chi connectivity index (χ0v) is 19.1. The van der Waals surface area contributed by atoms with Crippen molar-refractivity contribution in [3.8, 4) is 23.0 Å². The van der Waals surface area contributed by atoms with Crippen LogP contribution in [-0.4, -0.2) is 46.3 Å². The van der Waals surface area contributed by atoms with Crippen LogP contribution in [0.2, 0.25) is 0 Å². The van der Waals surface area contributed by atoms with E-state index in [1.165, 1.54) is 28.4 Å². The van der Waals surface area contributed by atoms with Crippen LogP contribution in [0.4, 0.5) is 0 Å². The Bertz CT molecular complexity index is 1280. The molecule has 2 aromatic carbocycles. The van der Waals surface area contributed by atoms with Crippen molar-refractivity contribution in [2.45, 2.75) is 19.4 Å². The predicted octanol–water partition coefficient (Wildman–Crippen LogP) is 4.36. The second-order valence-corrected chi connectivity index (χ2v) is 7.61. The molecular formula is C25H24O8. The first-order valence-corrected chi connectivity index (χ1v) is 10.2. The van der Waals surface area contributed by atoms with Gasteiger partial charge < -0.3 is 28.1 Å². The van der Waals surface area contributed by atoms with Crippen LogP contribution < -0.4 is 18.9 Å². The normalized spacial score (nSPS) is 14.4. The molecule has 33 heavy (non-hydrogen) atoms. The van der Waals surface area contributed by atoms with Crippen LogP contribution in [0.25, 0.3) is 11.0 Å². The van der Waals surface area contributed by atoms with Gasteiger partial charge in [-0.1, -0.05) is 6.58 Å². The van der Waals surface area contributed by atoms with Crippen LogP contribution in [0.1, 0.15) is 39.0 Å². The number of ether oxygens (including phenoxy) is 5. The monoisotopic (exact) mass is 452 g/mol. The summed E-state index contributed by atoms with van der Waals surface area (Å²) in [5, 5.41) is 0.386. The molecule has 0 spiro atoms. The molecule has 0 fully saturated rings. The van der Waals surface area contributed by atoms with Crippen molar-refractivity contribution >= 4 is 22.7 Å². The van der Waals surface area contributed by atoms with E-state index in [-0.39, 0.29) is 28.6 Å². The van der Waals surface area contributed by atoms with Crippen LogP contribution in [-0.2, 0) is 11.2 Å². The summed E-state index contributed by atoms with van der Waals surface area (Å²) in [7, 11) is 5.67. The Morgan fingerprint density at radius 1 is 1.03 bits per heavy atom. The lowest BCUT2D eigenvalue weighted by Crippen LogP contribution is -2.13. The molecule has 1 aromatic heterocycles. The number of benzene rings is 2. The fraction of sp³-hybridized carbons (Fsp3) is 0.280. The van der Waals surface area contributed by atoms with Gasteiger partial charge in [0.2, 0.25) is 11.5 Å². The second-order valence-electron chi connectivity index (χ2n) is 7.61. The van der Waals surface area contributed by atoms with E-state index in [0.717, 1.165) is 11.1 Å². The van der Waals surface area contributed by atoms with Crippen LogP contribution in [0.5, 0.6) is 23.0 Å². The number of methoxy groups -OCH3 is 4. The summed E-state index contributed by atoms with van der Waals surface area (Å²) in [5.74, 6) is 0.339. The Balaban J connectivity index is 1.92. The van der Waals surface area contributed by atoms with Gasteiger partial charge in [0.15, 0.2) is 11.5 Å². The highest BCUT2D eigenvalue weighted by Crippen LogP contribution is 2.42. The largest absolute Gasteiger partial charge is 0.496 e. The SMILES string of the molecule is C=C(C)[C@H]1Cc2c(ccc(C(=O)c3c(C(=O)OC)oc4cc(OC)c(OC)cc34)c2OC)O1. The zero-order chi connectivity index (χ0) is 23.9. The highest BCUT2D eigenvalue weighted by atomic mass is 16.5. The smallest absolute Gasteiger partial charge is 0.374 e. The van der Waals surface area contributed by atoms with Crippen molar-refractivity contribution < 1.29 is 37.7 Å². The van der Waals surface area contributed by atoms with E-state index in [1.54, 1.807) is 24.3 Å². The van der Waals surface area contributed by atoms with Gasteiger partial charge in [-0.2, -0.15) is 0 Å². The number of carbonyl (C=O) groups is 2. The molecule has 8 heteroatoms. The minimum Gasteiger partial charge on any atom is -0.496 e. The molecular weight excluding hydrogens is 428 g/mol. The summed E-state index contributed by atoms with van der Waals surface area (Å²) in [6.07, 6.45) is 0.326. The molecule has 0 saturated heterocycles. The first kappa shape index (κ1) is 22.3. The fourth-order valence-electron chi connectivity index (χ4n) is 4.00. The van der Waals surface area contributed by atoms with Gasteiger partial charge in [-0.3, -0.25) is 4.79 Å². The predicted molar refractivity (Wildman–Crippen MR) is 120 cm³/mol. The molecule has 0 amide bonds. The molecule has 3 aromatic rings. The van der Waals surface area contributed by atoms with E-state index >= 15 is 0 Å². The Morgan fingerprint density at radius 3 is 2.33 bits per heavy atom. The quantitative estimate of drug-likeness (QED) is 0.297. The molecule has 1 aliphatic rings. The van der Waals surface area contributed by atoms with E-state index in [1.807, 2.05) is 6.92 Å². The van der Waals surface area contributed by atoms with E-state index in [0.29, 0.717) is 34.8 Å². The van der Waals surface area contributed by atoms with E-state index < -0.39 is 11.8 Å². The van der Waals surface area contributed by atoms with Crippen molar-refractivity contribution in [3.63, 3.8) is 0 Å². The third-order valence-electron chi connectivity index (χ3n) is 5.67. The van der Waals surface area contributed by atoms with Crippen LogP contribution in [0.15, 0.2) is 40.8 Å².